The van der Waals surface area contributed by atoms with Gasteiger partial charge in [-0.25, -0.2) is 0 Å². The first-order valence-corrected chi connectivity index (χ1v) is 7.06. The van der Waals surface area contributed by atoms with Gasteiger partial charge >= 0.3 is 0 Å². The monoisotopic (exact) mass is 289 g/mol. The zero-order valence-electron chi connectivity index (χ0n) is 10.2. The van der Waals surface area contributed by atoms with Crippen molar-refractivity contribution in [3.05, 3.63) is 0 Å². The molecular formula is C12H20BrNO2. The summed E-state index contributed by atoms with van der Waals surface area (Å²) < 4.78 is 0. The van der Waals surface area contributed by atoms with Gasteiger partial charge in [0.1, 0.15) is 0 Å². The zero-order chi connectivity index (χ0) is 12.3. The molecule has 0 spiro atoms. The molecule has 0 aromatic rings. The summed E-state index contributed by atoms with van der Waals surface area (Å²) >= 11 is 3.44. The maximum absolute atomic E-state index is 11.9. The summed E-state index contributed by atoms with van der Waals surface area (Å²) in [5, 5.41) is 0.848. The highest BCUT2D eigenvalue weighted by Crippen LogP contribution is 2.27. The molecule has 1 aliphatic heterocycles. The van der Waals surface area contributed by atoms with E-state index in [9.17, 15) is 9.59 Å². The van der Waals surface area contributed by atoms with E-state index in [1.807, 2.05) is 13.8 Å². The Morgan fingerprint density at radius 1 is 1.25 bits per heavy atom. The highest BCUT2D eigenvalue weighted by atomic mass is 79.9. The Morgan fingerprint density at radius 2 is 1.75 bits per heavy atom. The Balaban J connectivity index is 2.66. The molecule has 0 aromatic carbocycles. The van der Waals surface area contributed by atoms with Crippen LogP contribution in [0.15, 0.2) is 0 Å². The van der Waals surface area contributed by atoms with E-state index < -0.39 is 0 Å². The van der Waals surface area contributed by atoms with Crippen LogP contribution in [-0.2, 0) is 9.59 Å². The van der Waals surface area contributed by atoms with Crippen LogP contribution >= 0.6 is 15.9 Å². The van der Waals surface area contributed by atoms with Gasteiger partial charge in [0.2, 0.25) is 11.8 Å². The number of amides is 2. The second-order valence-electron chi connectivity index (χ2n) is 4.67. The molecule has 1 fully saturated rings. The van der Waals surface area contributed by atoms with E-state index in [0.29, 0.717) is 12.5 Å². The minimum Gasteiger partial charge on any atom is -0.282 e. The molecule has 0 bridgehead atoms. The minimum absolute atomic E-state index is 0.000414. The number of halogens is 1. The predicted molar refractivity (Wildman–Crippen MR) is 67.2 cm³/mol. The van der Waals surface area contributed by atoms with Crippen LogP contribution in [-0.4, -0.2) is 28.6 Å². The van der Waals surface area contributed by atoms with Crippen LogP contribution in [0.2, 0.25) is 0 Å². The van der Waals surface area contributed by atoms with E-state index in [-0.39, 0.29) is 23.7 Å². The molecule has 0 saturated carbocycles. The molecule has 3 nitrogen and oxygen atoms in total. The van der Waals surface area contributed by atoms with Gasteiger partial charge in [-0.2, -0.15) is 0 Å². The van der Waals surface area contributed by atoms with Gasteiger partial charge in [-0.05, 0) is 12.3 Å². The van der Waals surface area contributed by atoms with Crippen molar-refractivity contribution >= 4 is 27.7 Å². The second-order valence-corrected chi connectivity index (χ2v) is 5.32. The van der Waals surface area contributed by atoms with Gasteiger partial charge in [-0.1, -0.05) is 43.1 Å². The number of alkyl halides is 1. The van der Waals surface area contributed by atoms with Crippen LogP contribution in [0.3, 0.4) is 0 Å². The molecule has 3 unspecified atom stereocenters. The molecule has 1 heterocycles. The number of carbonyl (C=O) groups is 2. The van der Waals surface area contributed by atoms with Crippen molar-refractivity contribution in [3.63, 3.8) is 0 Å². The maximum Gasteiger partial charge on any atom is 0.232 e. The van der Waals surface area contributed by atoms with Gasteiger partial charge in [0.25, 0.3) is 0 Å². The first kappa shape index (κ1) is 13.7. The SMILES string of the molecule is CCCC(CBr)CN1C(=O)C(C)C(C)C1=O. The third-order valence-corrected chi connectivity index (χ3v) is 4.33. The molecule has 1 saturated heterocycles. The summed E-state index contributed by atoms with van der Waals surface area (Å²) in [5.41, 5.74) is 0. The molecule has 0 aliphatic carbocycles. The third-order valence-electron chi connectivity index (χ3n) is 3.42. The molecule has 1 rings (SSSR count). The topological polar surface area (TPSA) is 37.4 Å². The largest absolute Gasteiger partial charge is 0.282 e. The van der Waals surface area contributed by atoms with E-state index in [1.54, 1.807) is 0 Å². The lowest BCUT2D eigenvalue weighted by molar-refractivity contribution is -0.140. The van der Waals surface area contributed by atoms with Gasteiger partial charge in [-0.3, -0.25) is 14.5 Å². The van der Waals surface area contributed by atoms with Crippen LogP contribution < -0.4 is 0 Å². The summed E-state index contributed by atoms with van der Waals surface area (Å²) in [6.45, 7) is 6.38. The Hall–Kier alpha value is -0.380. The van der Waals surface area contributed by atoms with E-state index in [4.69, 9.17) is 0 Å². The van der Waals surface area contributed by atoms with Crippen LogP contribution in [0.4, 0.5) is 0 Å². The number of rotatable bonds is 5. The molecule has 3 atom stereocenters. The first-order chi connectivity index (χ1) is 7.52. The van der Waals surface area contributed by atoms with Crippen LogP contribution in [0.25, 0.3) is 0 Å². The summed E-state index contributed by atoms with van der Waals surface area (Å²) in [6, 6.07) is 0. The molecule has 0 radical (unpaired) electrons. The fraction of sp³-hybridized carbons (Fsp3) is 0.833. The normalized spacial score (nSPS) is 27.6. The van der Waals surface area contributed by atoms with Crippen molar-refractivity contribution in [2.24, 2.45) is 17.8 Å². The van der Waals surface area contributed by atoms with Gasteiger partial charge in [-0.15, -0.1) is 0 Å². The Morgan fingerprint density at radius 3 is 2.12 bits per heavy atom. The fourth-order valence-electron chi connectivity index (χ4n) is 2.09. The highest BCUT2D eigenvalue weighted by molar-refractivity contribution is 9.09. The average molecular weight is 290 g/mol. The Kier molecular flexibility index (Phi) is 4.96. The van der Waals surface area contributed by atoms with E-state index >= 15 is 0 Å². The molecule has 0 N–H and O–H groups in total. The Labute approximate surface area is 106 Å². The lowest BCUT2D eigenvalue weighted by Gasteiger charge is -2.20. The lowest BCUT2D eigenvalue weighted by Crippen LogP contribution is -2.36. The van der Waals surface area contributed by atoms with Crippen LogP contribution in [0.5, 0.6) is 0 Å². The minimum atomic E-state index is -0.148. The zero-order valence-corrected chi connectivity index (χ0v) is 11.8. The lowest BCUT2D eigenvalue weighted by atomic mass is 10.00. The van der Waals surface area contributed by atoms with Crippen molar-refractivity contribution in [3.8, 4) is 0 Å². The molecule has 1 aliphatic rings. The molecule has 16 heavy (non-hydrogen) atoms. The van der Waals surface area contributed by atoms with Crippen LogP contribution in [0.1, 0.15) is 33.6 Å². The van der Waals surface area contributed by atoms with Gasteiger partial charge in [0.15, 0.2) is 0 Å². The summed E-state index contributed by atoms with van der Waals surface area (Å²) in [6.07, 6.45) is 2.13. The van der Waals surface area contributed by atoms with E-state index in [2.05, 4.69) is 22.9 Å². The average Bonchev–Trinajstić information content (AvgIpc) is 2.46. The number of carbonyl (C=O) groups excluding carboxylic acids is 2. The third kappa shape index (κ3) is 2.65. The highest BCUT2D eigenvalue weighted by Gasteiger charge is 2.42. The van der Waals surface area contributed by atoms with Gasteiger partial charge < -0.3 is 0 Å². The van der Waals surface area contributed by atoms with E-state index in [0.717, 1.165) is 18.2 Å². The van der Waals surface area contributed by atoms with Gasteiger partial charge in [0, 0.05) is 23.7 Å². The number of hydrogen-bond acceptors (Lipinski definition) is 2. The van der Waals surface area contributed by atoms with Crippen LogP contribution in [0, 0.1) is 17.8 Å². The second kappa shape index (κ2) is 5.80. The standard InChI is InChI=1S/C12H20BrNO2/c1-4-5-10(6-13)7-14-11(15)8(2)9(3)12(14)16/h8-10H,4-7H2,1-3H3. The fourth-order valence-corrected chi connectivity index (χ4v) is 2.62. The van der Waals surface area contributed by atoms with Crippen molar-refractivity contribution in [2.75, 3.05) is 11.9 Å². The molecule has 92 valence electrons. The number of imide groups is 1. The smallest absolute Gasteiger partial charge is 0.232 e. The molecular weight excluding hydrogens is 270 g/mol. The van der Waals surface area contributed by atoms with Crippen molar-refractivity contribution < 1.29 is 9.59 Å². The predicted octanol–water partition coefficient (Wildman–Crippen LogP) is 2.44. The van der Waals surface area contributed by atoms with E-state index in [1.165, 1.54) is 4.90 Å². The van der Waals surface area contributed by atoms with Gasteiger partial charge in [0.05, 0.1) is 0 Å². The number of nitrogens with zero attached hydrogens (tertiary/aromatic N) is 1. The quantitative estimate of drug-likeness (QED) is 0.576. The molecule has 2 amide bonds. The first-order valence-electron chi connectivity index (χ1n) is 5.94. The van der Waals surface area contributed by atoms with Crippen molar-refractivity contribution in [2.45, 2.75) is 33.6 Å². The van der Waals surface area contributed by atoms with Crippen molar-refractivity contribution in [1.29, 1.82) is 0 Å². The van der Waals surface area contributed by atoms with Crippen molar-refractivity contribution in [1.82, 2.24) is 4.90 Å². The number of hydrogen-bond donors (Lipinski definition) is 0. The number of likely N-dealkylation sites (tertiary alicyclic amines) is 1. The Bertz CT molecular complexity index is 260. The maximum atomic E-state index is 11.9. The molecule has 4 heteroatoms. The summed E-state index contributed by atoms with van der Waals surface area (Å²) in [7, 11) is 0. The summed E-state index contributed by atoms with van der Waals surface area (Å²) in [5.74, 6) is 0.0877. The molecule has 0 aromatic heterocycles. The summed E-state index contributed by atoms with van der Waals surface area (Å²) in [4.78, 5) is 25.2.